The predicted molar refractivity (Wildman–Crippen MR) is 103 cm³/mol. The molecule has 1 atom stereocenters. The average Bonchev–Trinajstić information content (AvgIpc) is 2.68. The van der Waals surface area contributed by atoms with Crippen LogP contribution < -0.4 is 0 Å². The summed E-state index contributed by atoms with van der Waals surface area (Å²) >= 11 is 1.57. The SMILES string of the molecule is O=Cc1cccc2c1C=CCC2(C=O)Sc1cccc2ccccc12. The van der Waals surface area contributed by atoms with Crippen LogP contribution in [0.15, 0.2) is 71.6 Å². The Bertz CT molecular complexity index is 1000. The molecular weight excluding hydrogens is 328 g/mol. The molecule has 122 valence electrons. The summed E-state index contributed by atoms with van der Waals surface area (Å²) < 4.78 is -0.715. The smallest absolute Gasteiger partial charge is 0.150 e. The lowest BCUT2D eigenvalue weighted by Gasteiger charge is -2.32. The van der Waals surface area contributed by atoms with Gasteiger partial charge < -0.3 is 4.79 Å². The minimum Gasteiger partial charge on any atom is -0.301 e. The number of hydrogen-bond acceptors (Lipinski definition) is 3. The molecule has 1 aliphatic carbocycles. The van der Waals surface area contributed by atoms with Crippen molar-refractivity contribution in [1.29, 1.82) is 0 Å². The Hall–Kier alpha value is -2.65. The first kappa shape index (κ1) is 15.9. The number of carbonyl (C=O) groups excluding carboxylic acids is 2. The molecule has 0 bridgehead atoms. The Kier molecular flexibility index (Phi) is 4.02. The number of hydrogen-bond donors (Lipinski definition) is 0. The molecule has 1 unspecified atom stereocenters. The summed E-state index contributed by atoms with van der Waals surface area (Å²) in [6.07, 6.45) is 6.43. The van der Waals surface area contributed by atoms with Crippen molar-refractivity contribution in [2.75, 3.05) is 0 Å². The van der Waals surface area contributed by atoms with Gasteiger partial charge in [0.2, 0.25) is 0 Å². The molecule has 4 rings (SSSR count). The maximum Gasteiger partial charge on any atom is 0.150 e. The Labute approximate surface area is 150 Å². The first-order valence-corrected chi connectivity index (χ1v) is 8.97. The highest BCUT2D eigenvalue weighted by molar-refractivity contribution is 8.01. The van der Waals surface area contributed by atoms with E-state index in [1.807, 2.05) is 42.5 Å². The molecule has 3 aromatic carbocycles. The Balaban J connectivity index is 1.88. The summed E-state index contributed by atoms with van der Waals surface area (Å²) in [5.74, 6) is 0. The molecule has 0 aliphatic heterocycles. The molecule has 0 spiro atoms. The number of thioether (sulfide) groups is 1. The van der Waals surface area contributed by atoms with E-state index in [0.717, 1.165) is 39.4 Å². The number of fused-ring (bicyclic) bond motifs is 2. The molecule has 0 saturated heterocycles. The van der Waals surface area contributed by atoms with E-state index in [0.29, 0.717) is 12.0 Å². The second-order valence-corrected chi connectivity index (χ2v) is 7.49. The summed E-state index contributed by atoms with van der Waals surface area (Å²) in [4.78, 5) is 24.7. The van der Waals surface area contributed by atoms with Gasteiger partial charge in [0.15, 0.2) is 6.29 Å². The van der Waals surface area contributed by atoms with E-state index < -0.39 is 4.75 Å². The summed E-state index contributed by atoms with van der Waals surface area (Å²) in [6.45, 7) is 0. The summed E-state index contributed by atoms with van der Waals surface area (Å²) in [7, 11) is 0. The number of allylic oxidation sites excluding steroid dienone is 1. The van der Waals surface area contributed by atoms with E-state index in [1.54, 1.807) is 17.8 Å². The van der Waals surface area contributed by atoms with Gasteiger partial charge >= 0.3 is 0 Å². The molecule has 0 heterocycles. The first-order valence-electron chi connectivity index (χ1n) is 8.16. The van der Waals surface area contributed by atoms with Gasteiger partial charge in [-0.25, -0.2) is 0 Å². The standard InChI is InChI=1S/C22H16O2S/c23-14-17-8-3-11-20-18(17)10-5-13-22(20,15-24)25-21-12-4-7-16-6-1-2-9-19(16)21/h1-12,14-15H,13H2. The lowest BCUT2D eigenvalue weighted by Crippen LogP contribution is -2.26. The zero-order chi connectivity index (χ0) is 17.3. The molecule has 0 radical (unpaired) electrons. The fourth-order valence-electron chi connectivity index (χ4n) is 3.42. The third-order valence-electron chi connectivity index (χ3n) is 4.66. The fraction of sp³-hybridized carbons (Fsp3) is 0.0909. The van der Waals surface area contributed by atoms with E-state index in [9.17, 15) is 9.59 Å². The number of aldehydes is 2. The molecule has 25 heavy (non-hydrogen) atoms. The van der Waals surface area contributed by atoms with Crippen LogP contribution in [0.1, 0.15) is 27.9 Å². The fourth-order valence-corrected chi connectivity index (χ4v) is 4.77. The Morgan fingerprint density at radius 2 is 1.72 bits per heavy atom. The van der Waals surface area contributed by atoms with Crippen molar-refractivity contribution in [3.63, 3.8) is 0 Å². The second kappa shape index (κ2) is 6.34. The molecule has 0 aromatic heterocycles. The minimum atomic E-state index is -0.715. The number of benzene rings is 3. The molecule has 0 N–H and O–H groups in total. The molecule has 2 nitrogen and oxygen atoms in total. The maximum absolute atomic E-state index is 12.2. The van der Waals surface area contributed by atoms with Crippen LogP contribution in [0.2, 0.25) is 0 Å². The van der Waals surface area contributed by atoms with Gasteiger partial charge in [0, 0.05) is 10.5 Å². The molecule has 3 heteroatoms. The predicted octanol–water partition coefficient (Wildman–Crippen LogP) is 5.26. The summed E-state index contributed by atoms with van der Waals surface area (Å²) in [5.41, 5.74) is 2.38. The van der Waals surface area contributed by atoms with Crippen molar-refractivity contribution in [3.8, 4) is 0 Å². The van der Waals surface area contributed by atoms with Crippen LogP contribution in [0.25, 0.3) is 16.8 Å². The molecule has 0 fully saturated rings. The van der Waals surface area contributed by atoms with Crippen LogP contribution in [0, 0.1) is 0 Å². The minimum absolute atomic E-state index is 0.611. The highest BCUT2D eigenvalue weighted by atomic mass is 32.2. The zero-order valence-corrected chi connectivity index (χ0v) is 14.3. The third-order valence-corrected chi connectivity index (χ3v) is 6.08. The maximum atomic E-state index is 12.2. The molecule has 3 aromatic rings. The lowest BCUT2D eigenvalue weighted by molar-refractivity contribution is -0.110. The summed E-state index contributed by atoms with van der Waals surface area (Å²) in [5, 5.41) is 2.29. The van der Waals surface area contributed by atoms with Crippen molar-refractivity contribution in [2.24, 2.45) is 0 Å². The van der Waals surface area contributed by atoms with Gasteiger partial charge in [-0.05, 0) is 34.4 Å². The molecule has 0 saturated carbocycles. The van der Waals surface area contributed by atoms with E-state index in [4.69, 9.17) is 0 Å². The number of carbonyl (C=O) groups is 2. The van der Waals surface area contributed by atoms with Crippen molar-refractivity contribution < 1.29 is 9.59 Å². The number of rotatable bonds is 4. The molecule has 0 amide bonds. The van der Waals surface area contributed by atoms with Gasteiger partial charge in [-0.3, -0.25) is 4.79 Å². The van der Waals surface area contributed by atoms with E-state index >= 15 is 0 Å². The molecule has 1 aliphatic rings. The Morgan fingerprint density at radius 1 is 0.920 bits per heavy atom. The van der Waals surface area contributed by atoms with Crippen LogP contribution in [0.3, 0.4) is 0 Å². The monoisotopic (exact) mass is 344 g/mol. The van der Waals surface area contributed by atoms with E-state index in [1.165, 1.54) is 0 Å². The highest BCUT2D eigenvalue weighted by Crippen LogP contribution is 2.48. The van der Waals surface area contributed by atoms with Gasteiger partial charge in [0.05, 0.1) is 0 Å². The normalized spacial score (nSPS) is 18.7. The lowest BCUT2D eigenvalue weighted by atomic mass is 9.85. The van der Waals surface area contributed by atoms with E-state index in [2.05, 4.69) is 24.3 Å². The van der Waals surface area contributed by atoms with Crippen LogP contribution in [-0.2, 0) is 9.54 Å². The highest BCUT2D eigenvalue weighted by Gasteiger charge is 2.37. The van der Waals surface area contributed by atoms with Crippen LogP contribution in [0.4, 0.5) is 0 Å². The van der Waals surface area contributed by atoms with Gasteiger partial charge in [-0.15, -0.1) is 11.8 Å². The van der Waals surface area contributed by atoms with Crippen LogP contribution in [0.5, 0.6) is 0 Å². The van der Waals surface area contributed by atoms with Crippen molar-refractivity contribution in [1.82, 2.24) is 0 Å². The quantitative estimate of drug-likeness (QED) is 0.606. The molecular formula is C22H16O2S. The largest absolute Gasteiger partial charge is 0.301 e. The van der Waals surface area contributed by atoms with Crippen molar-refractivity contribution in [3.05, 3.63) is 83.4 Å². The van der Waals surface area contributed by atoms with Crippen LogP contribution >= 0.6 is 11.8 Å². The second-order valence-electron chi connectivity index (χ2n) is 6.12. The van der Waals surface area contributed by atoms with Crippen molar-refractivity contribution in [2.45, 2.75) is 16.1 Å². The average molecular weight is 344 g/mol. The van der Waals surface area contributed by atoms with Crippen LogP contribution in [-0.4, -0.2) is 12.6 Å². The van der Waals surface area contributed by atoms with Crippen molar-refractivity contribution >= 4 is 41.2 Å². The summed E-state index contributed by atoms with van der Waals surface area (Å²) in [6, 6.07) is 19.9. The zero-order valence-electron chi connectivity index (χ0n) is 13.5. The van der Waals surface area contributed by atoms with Gasteiger partial charge in [0.1, 0.15) is 11.0 Å². The van der Waals surface area contributed by atoms with Gasteiger partial charge in [0.25, 0.3) is 0 Å². The van der Waals surface area contributed by atoms with Gasteiger partial charge in [-0.2, -0.15) is 0 Å². The third kappa shape index (κ3) is 2.61. The first-order chi connectivity index (χ1) is 12.3. The Morgan fingerprint density at radius 3 is 2.56 bits per heavy atom. The van der Waals surface area contributed by atoms with E-state index in [-0.39, 0.29) is 0 Å². The topological polar surface area (TPSA) is 34.1 Å². The van der Waals surface area contributed by atoms with Gasteiger partial charge in [-0.1, -0.05) is 66.7 Å².